The van der Waals surface area contributed by atoms with E-state index in [4.69, 9.17) is 10.8 Å². The quantitative estimate of drug-likeness (QED) is 0.242. The van der Waals surface area contributed by atoms with Gasteiger partial charge in [0.05, 0.1) is 12.1 Å². The Bertz CT molecular complexity index is 550. The Kier molecular flexibility index (Phi) is 11.3. The van der Waals surface area contributed by atoms with Gasteiger partial charge < -0.3 is 31.9 Å². The minimum atomic E-state index is -1.36. The lowest BCUT2D eigenvalue weighted by molar-refractivity contribution is -0.139. The van der Waals surface area contributed by atoms with Gasteiger partial charge >= 0.3 is 5.97 Å². The fourth-order valence-electron chi connectivity index (χ4n) is 2.53. The van der Waals surface area contributed by atoms with Crippen LogP contribution in [-0.4, -0.2) is 64.7 Å². The van der Waals surface area contributed by atoms with Crippen molar-refractivity contribution < 1.29 is 29.4 Å². The third-order valence-corrected chi connectivity index (χ3v) is 3.88. The van der Waals surface area contributed by atoms with Crippen molar-refractivity contribution in [3.63, 3.8) is 0 Å². The molecule has 0 fully saturated rings. The molecule has 0 aromatic carbocycles. The molecule has 10 nitrogen and oxygen atoms in total. The summed E-state index contributed by atoms with van der Waals surface area (Å²) in [7, 11) is 0. The van der Waals surface area contributed by atoms with Crippen LogP contribution in [0, 0.1) is 11.8 Å². The zero-order valence-electron chi connectivity index (χ0n) is 17.2. The molecule has 0 spiro atoms. The molecule has 0 rings (SSSR count). The van der Waals surface area contributed by atoms with Gasteiger partial charge in [0.15, 0.2) is 0 Å². The third kappa shape index (κ3) is 10.2. The molecule has 3 amide bonds. The lowest BCUT2D eigenvalue weighted by Gasteiger charge is -2.26. The molecule has 0 aromatic rings. The monoisotopic (exact) mass is 402 g/mol. The van der Waals surface area contributed by atoms with E-state index in [0.717, 1.165) is 0 Å². The van der Waals surface area contributed by atoms with Crippen molar-refractivity contribution in [2.45, 2.75) is 71.7 Å². The molecule has 0 radical (unpaired) electrons. The zero-order chi connectivity index (χ0) is 22.0. The van der Waals surface area contributed by atoms with Crippen LogP contribution in [0.5, 0.6) is 0 Å². The summed E-state index contributed by atoms with van der Waals surface area (Å²) in [5.41, 5.74) is 5.86. The number of carbonyl (C=O) groups is 4. The summed E-state index contributed by atoms with van der Waals surface area (Å²) in [5, 5.41) is 25.5. The summed E-state index contributed by atoms with van der Waals surface area (Å²) in [5.74, 6) is -2.96. The van der Waals surface area contributed by atoms with E-state index in [1.165, 1.54) is 6.92 Å². The number of nitrogens with one attached hydrogen (secondary N) is 3. The lowest BCUT2D eigenvalue weighted by Crippen LogP contribution is -2.59. The van der Waals surface area contributed by atoms with Crippen LogP contribution in [-0.2, 0) is 19.2 Å². The highest BCUT2D eigenvalue weighted by atomic mass is 16.4. The first kappa shape index (κ1) is 25.8. The van der Waals surface area contributed by atoms with Crippen molar-refractivity contribution in [2.24, 2.45) is 17.6 Å². The molecule has 4 atom stereocenters. The number of carboxylic acids is 1. The van der Waals surface area contributed by atoms with Crippen LogP contribution >= 0.6 is 0 Å². The Balaban J connectivity index is 5.17. The highest BCUT2D eigenvalue weighted by Gasteiger charge is 2.31. The molecule has 0 aromatic heterocycles. The van der Waals surface area contributed by atoms with Gasteiger partial charge in [0.2, 0.25) is 17.7 Å². The molecular weight excluding hydrogens is 368 g/mol. The van der Waals surface area contributed by atoms with E-state index < -0.39 is 54.5 Å². The second-order valence-corrected chi connectivity index (χ2v) is 7.77. The van der Waals surface area contributed by atoms with Gasteiger partial charge in [0.1, 0.15) is 18.6 Å². The van der Waals surface area contributed by atoms with Crippen molar-refractivity contribution in [3.05, 3.63) is 0 Å². The molecule has 7 N–H and O–H groups in total. The van der Waals surface area contributed by atoms with Crippen molar-refractivity contribution in [2.75, 3.05) is 6.54 Å². The minimum absolute atomic E-state index is 0.0585. The van der Waals surface area contributed by atoms with Crippen molar-refractivity contribution in [1.29, 1.82) is 0 Å². The average molecular weight is 402 g/mol. The van der Waals surface area contributed by atoms with Crippen LogP contribution in [0.4, 0.5) is 0 Å². The maximum atomic E-state index is 12.6. The number of aliphatic hydroxyl groups is 1. The van der Waals surface area contributed by atoms with Crippen molar-refractivity contribution >= 4 is 23.7 Å². The molecule has 0 bridgehead atoms. The molecule has 0 saturated carbocycles. The summed E-state index contributed by atoms with van der Waals surface area (Å²) in [6, 6.07) is -3.07. The number of aliphatic carboxylic acids is 1. The molecule has 28 heavy (non-hydrogen) atoms. The Morgan fingerprint density at radius 3 is 1.82 bits per heavy atom. The molecule has 0 heterocycles. The van der Waals surface area contributed by atoms with Crippen LogP contribution in [0.15, 0.2) is 0 Å². The largest absolute Gasteiger partial charge is 0.480 e. The van der Waals surface area contributed by atoms with E-state index in [-0.39, 0.29) is 11.8 Å². The number of carboxylic acid groups (broad SMARTS) is 1. The fourth-order valence-corrected chi connectivity index (χ4v) is 2.53. The third-order valence-electron chi connectivity index (χ3n) is 3.88. The van der Waals surface area contributed by atoms with Gasteiger partial charge in [-0.25, -0.2) is 0 Å². The van der Waals surface area contributed by atoms with Crippen molar-refractivity contribution in [3.8, 4) is 0 Å². The van der Waals surface area contributed by atoms with E-state index in [1.54, 1.807) is 0 Å². The molecule has 4 unspecified atom stereocenters. The van der Waals surface area contributed by atoms with E-state index in [2.05, 4.69) is 16.0 Å². The fraction of sp³-hybridized carbons (Fsp3) is 0.778. The molecule has 0 aliphatic rings. The Labute approximate surface area is 165 Å². The van der Waals surface area contributed by atoms with Gasteiger partial charge in [-0.15, -0.1) is 0 Å². The Morgan fingerprint density at radius 1 is 0.857 bits per heavy atom. The number of carbonyl (C=O) groups excluding carboxylic acids is 3. The SMILES string of the molecule is CC(C)CC(N)C(=O)NC(CC(C)C)C(=O)NC(C(=O)NCC(=O)O)C(C)O. The first-order chi connectivity index (χ1) is 12.8. The van der Waals surface area contributed by atoms with Crippen LogP contribution in [0.2, 0.25) is 0 Å². The first-order valence-corrected chi connectivity index (χ1v) is 9.39. The summed E-state index contributed by atoms with van der Waals surface area (Å²) in [6.07, 6.45) is -0.512. The molecule has 0 aliphatic heterocycles. The standard InChI is InChI=1S/C18H34N4O6/c1-9(2)6-12(19)16(26)21-13(7-10(3)4)17(27)22-15(11(5)23)18(28)20-8-14(24)25/h9-13,15,23H,6-8,19H2,1-5H3,(H,20,28)(H,21,26)(H,22,27)(H,24,25). The van der Waals surface area contributed by atoms with Crippen LogP contribution in [0.1, 0.15) is 47.5 Å². The smallest absolute Gasteiger partial charge is 0.322 e. The number of rotatable bonds is 12. The minimum Gasteiger partial charge on any atom is -0.480 e. The molecular formula is C18H34N4O6. The molecule has 0 saturated heterocycles. The van der Waals surface area contributed by atoms with Crippen LogP contribution in [0.25, 0.3) is 0 Å². The maximum Gasteiger partial charge on any atom is 0.322 e. The number of nitrogens with two attached hydrogens (primary N) is 1. The summed E-state index contributed by atoms with van der Waals surface area (Å²) >= 11 is 0. The van der Waals surface area contributed by atoms with Gasteiger partial charge in [-0.1, -0.05) is 27.7 Å². The number of amides is 3. The lowest BCUT2D eigenvalue weighted by atomic mass is 10.00. The Hall–Kier alpha value is -2.20. The van der Waals surface area contributed by atoms with E-state index in [0.29, 0.717) is 12.8 Å². The second kappa shape index (κ2) is 12.3. The topological polar surface area (TPSA) is 171 Å². The van der Waals surface area contributed by atoms with Gasteiger partial charge in [0, 0.05) is 0 Å². The highest BCUT2D eigenvalue weighted by molar-refractivity contribution is 5.93. The Morgan fingerprint density at radius 2 is 1.39 bits per heavy atom. The van der Waals surface area contributed by atoms with Gasteiger partial charge in [-0.05, 0) is 31.6 Å². The van der Waals surface area contributed by atoms with Crippen molar-refractivity contribution in [1.82, 2.24) is 16.0 Å². The number of aliphatic hydroxyl groups excluding tert-OH is 1. The normalized spacial score (nSPS) is 15.5. The average Bonchev–Trinajstić information content (AvgIpc) is 2.55. The summed E-state index contributed by atoms with van der Waals surface area (Å²) in [6.45, 7) is 8.23. The second-order valence-electron chi connectivity index (χ2n) is 7.77. The number of hydrogen-bond acceptors (Lipinski definition) is 6. The van der Waals surface area contributed by atoms with E-state index in [1.807, 2.05) is 27.7 Å². The molecule has 10 heteroatoms. The van der Waals surface area contributed by atoms with Gasteiger partial charge in [0.25, 0.3) is 0 Å². The number of hydrogen-bond donors (Lipinski definition) is 6. The predicted octanol–water partition coefficient (Wildman–Crippen LogP) is -1.04. The highest BCUT2D eigenvalue weighted by Crippen LogP contribution is 2.08. The molecule has 162 valence electrons. The molecule has 0 aliphatic carbocycles. The van der Waals surface area contributed by atoms with Gasteiger partial charge in [-0.3, -0.25) is 19.2 Å². The van der Waals surface area contributed by atoms with E-state index in [9.17, 15) is 24.3 Å². The summed E-state index contributed by atoms with van der Waals surface area (Å²) < 4.78 is 0. The summed E-state index contributed by atoms with van der Waals surface area (Å²) in [4.78, 5) is 47.6. The maximum absolute atomic E-state index is 12.6. The van der Waals surface area contributed by atoms with Crippen LogP contribution in [0.3, 0.4) is 0 Å². The van der Waals surface area contributed by atoms with Crippen LogP contribution < -0.4 is 21.7 Å². The van der Waals surface area contributed by atoms with E-state index >= 15 is 0 Å². The van der Waals surface area contributed by atoms with Gasteiger partial charge in [-0.2, -0.15) is 0 Å². The first-order valence-electron chi connectivity index (χ1n) is 9.39. The predicted molar refractivity (Wildman–Crippen MR) is 103 cm³/mol. The zero-order valence-corrected chi connectivity index (χ0v) is 17.2.